The summed E-state index contributed by atoms with van der Waals surface area (Å²) in [6, 6.07) is 15.8. The van der Waals surface area contributed by atoms with E-state index in [4.69, 9.17) is 25.8 Å². The standard InChI is InChI=1S/C27H29ClN6O5.K.H/c1-4-6-11-22-29-24(28)23(26(35)38-17(3)39-27(36)37-5-2)34(22)16-18-12-14-19(15-13-18)20-9-7-8-10-21(20)25-30-32-33-31-25;;/h7-10,12-15,17H,4-6,11,16H2,1-3H3,(H,30,31,32,33);;/t17-;;/m1../s1. The molecular weight excluding hydrogens is 563 g/mol. The number of unbranched alkanes of at least 4 members (excludes halogenated alkanes) is 1. The molecule has 206 valence electrons. The first-order valence-corrected chi connectivity index (χ1v) is 13.0. The van der Waals surface area contributed by atoms with Crippen molar-refractivity contribution >= 4 is 75.1 Å². The second-order valence-corrected chi connectivity index (χ2v) is 8.98. The van der Waals surface area contributed by atoms with Crippen LogP contribution < -0.4 is 0 Å². The quantitative estimate of drug-likeness (QED) is 0.148. The molecule has 0 amide bonds. The molecule has 4 rings (SSSR count). The third-order valence-corrected chi connectivity index (χ3v) is 6.15. The summed E-state index contributed by atoms with van der Waals surface area (Å²) in [6.45, 7) is 5.62. The van der Waals surface area contributed by atoms with Crippen LogP contribution in [0.4, 0.5) is 4.79 Å². The van der Waals surface area contributed by atoms with E-state index in [1.54, 1.807) is 11.5 Å². The number of hydrogen-bond acceptors (Lipinski definition) is 9. The van der Waals surface area contributed by atoms with E-state index in [-0.39, 0.29) is 68.8 Å². The number of hydrogen-bond donors (Lipinski definition) is 1. The van der Waals surface area contributed by atoms with Crippen LogP contribution in [0.1, 0.15) is 55.5 Å². The average Bonchev–Trinajstić information content (AvgIpc) is 3.56. The van der Waals surface area contributed by atoms with Crippen LogP contribution in [0.15, 0.2) is 48.5 Å². The third kappa shape index (κ3) is 7.99. The summed E-state index contributed by atoms with van der Waals surface area (Å²) in [5.41, 5.74) is 3.84. The number of aromatic amines is 1. The van der Waals surface area contributed by atoms with Gasteiger partial charge in [0.15, 0.2) is 16.7 Å². The summed E-state index contributed by atoms with van der Waals surface area (Å²) in [5.74, 6) is 0.492. The van der Waals surface area contributed by atoms with Crippen molar-refractivity contribution in [1.29, 1.82) is 0 Å². The summed E-state index contributed by atoms with van der Waals surface area (Å²) in [6.07, 6.45) is 0.353. The molecule has 0 spiro atoms. The molecule has 0 bridgehead atoms. The molecule has 11 nitrogen and oxygen atoms in total. The Morgan fingerprint density at radius 1 is 1.05 bits per heavy atom. The fraction of sp³-hybridized carbons (Fsp3) is 0.333. The summed E-state index contributed by atoms with van der Waals surface area (Å²) in [4.78, 5) is 29.1. The molecule has 0 saturated carbocycles. The molecule has 0 aliphatic heterocycles. The number of nitrogens with zero attached hydrogens (tertiary/aromatic N) is 5. The van der Waals surface area contributed by atoms with E-state index in [0.717, 1.165) is 35.1 Å². The van der Waals surface area contributed by atoms with E-state index in [2.05, 4.69) is 32.5 Å². The number of H-pyrrole nitrogens is 1. The second-order valence-electron chi connectivity index (χ2n) is 8.62. The van der Waals surface area contributed by atoms with Gasteiger partial charge in [-0.3, -0.25) is 0 Å². The zero-order chi connectivity index (χ0) is 27.8. The van der Waals surface area contributed by atoms with Crippen LogP contribution >= 0.6 is 11.6 Å². The van der Waals surface area contributed by atoms with Crippen LogP contribution in [0.2, 0.25) is 5.15 Å². The SMILES string of the molecule is CCCCc1nc(Cl)c(C(=O)O[C@@H](C)OC(=O)OCC)n1Cc1ccc(-c2ccccc2-c2nnn[nH]2)cc1.[KH]. The van der Waals surface area contributed by atoms with Crippen LogP contribution in [0.3, 0.4) is 0 Å². The number of aromatic nitrogens is 6. The average molecular weight is 593 g/mol. The van der Waals surface area contributed by atoms with Crippen molar-refractivity contribution in [3.63, 3.8) is 0 Å². The van der Waals surface area contributed by atoms with E-state index >= 15 is 0 Å². The van der Waals surface area contributed by atoms with Gasteiger partial charge in [0.05, 0.1) is 6.61 Å². The van der Waals surface area contributed by atoms with Gasteiger partial charge in [0, 0.05) is 25.5 Å². The monoisotopic (exact) mass is 592 g/mol. The fourth-order valence-corrected chi connectivity index (χ4v) is 4.34. The first kappa shape index (κ1) is 31.9. The number of esters is 1. The van der Waals surface area contributed by atoms with Crippen LogP contribution in [0, 0.1) is 0 Å². The molecule has 1 atom stereocenters. The Kier molecular flexibility index (Phi) is 12.3. The van der Waals surface area contributed by atoms with Crippen molar-refractivity contribution in [3.8, 4) is 22.5 Å². The van der Waals surface area contributed by atoms with E-state index < -0.39 is 18.4 Å². The van der Waals surface area contributed by atoms with Gasteiger partial charge >= 0.3 is 63.5 Å². The number of rotatable bonds is 11. The third-order valence-electron chi connectivity index (χ3n) is 5.88. The molecule has 2 heterocycles. The zero-order valence-corrected chi connectivity index (χ0v) is 22.6. The molecule has 0 aliphatic carbocycles. The van der Waals surface area contributed by atoms with Gasteiger partial charge in [0.2, 0.25) is 6.29 Å². The van der Waals surface area contributed by atoms with Gasteiger partial charge in [-0.2, -0.15) is 0 Å². The van der Waals surface area contributed by atoms with Crippen LogP contribution in [0.5, 0.6) is 0 Å². The molecular formula is C27H30ClKN6O5. The van der Waals surface area contributed by atoms with E-state index in [1.807, 2.05) is 48.5 Å². The molecule has 2 aromatic heterocycles. The van der Waals surface area contributed by atoms with E-state index in [9.17, 15) is 9.59 Å². The molecule has 1 N–H and O–H groups in total. The van der Waals surface area contributed by atoms with Crippen LogP contribution in [0.25, 0.3) is 22.5 Å². The van der Waals surface area contributed by atoms with Gasteiger partial charge in [0.1, 0.15) is 5.82 Å². The maximum atomic E-state index is 13.1. The normalized spacial score (nSPS) is 11.4. The van der Waals surface area contributed by atoms with E-state index in [1.165, 1.54) is 6.92 Å². The number of nitrogens with one attached hydrogen (secondary N) is 1. The molecule has 0 unspecified atom stereocenters. The van der Waals surface area contributed by atoms with Crippen molar-refractivity contribution in [1.82, 2.24) is 30.2 Å². The number of carbonyl (C=O) groups excluding carboxylic acids is 2. The van der Waals surface area contributed by atoms with Gasteiger partial charge in [-0.25, -0.2) is 19.7 Å². The molecule has 0 fully saturated rings. The van der Waals surface area contributed by atoms with Crippen molar-refractivity contribution in [2.45, 2.75) is 52.9 Å². The molecule has 4 aromatic rings. The predicted molar refractivity (Wildman–Crippen MR) is 150 cm³/mol. The number of carbonyl (C=O) groups is 2. The second kappa shape index (κ2) is 15.4. The Balaban J connectivity index is 0.00000441. The van der Waals surface area contributed by atoms with Gasteiger partial charge < -0.3 is 18.8 Å². The summed E-state index contributed by atoms with van der Waals surface area (Å²) in [5, 5.41) is 14.2. The van der Waals surface area contributed by atoms with Gasteiger partial charge in [-0.1, -0.05) is 73.5 Å². The Morgan fingerprint density at radius 3 is 2.42 bits per heavy atom. The van der Waals surface area contributed by atoms with Crippen molar-refractivity contribution in [2.24, 2.45) is 0 Å². The molecule has 0 radical (unpaired) electrons. The Bertz CT molecular complexity index is 1410. The Hall–Kier alpha value is -2.61. The molecule has 2 aromatic carbocycles. The van der Waals surface area contributed by atoms with Crippen molar-refractivity contribution in [2.75, 3.05) is 6.61 Å². The fourth-order valence-electron chi connectivity index (χ4n) is 4.06. The van der Waals surface area contributed by atoms with Gasteiger partial charge in [-0.05, 0) is 40.5 Å². The summed E-state index contributed by atoms with van der Waals surface area (Å²) >= 11 is 6.42. The minimum absolute atomic E-state index is 0. The summed E-state index contributed by atoms with van der Waals surface area (Å²) < 4.78 is 16.8. The summed E-state index contributed by atoms with van der Waals surface area (Å²) in [7, 11) is 0. The van der Waals surface area contributed by atoms with Crippen molar-refractivity contribution < 1.29 is 23.8 Å². The Morgan fingerprint density at radius 2 is 1.77 bits per heavy atom. The molecule has 13 heteroatoms. The van der Waals surface area contributed by atoms with Gasteiger partial charge in [0.25, 0.3) is 0 Å². The topological polar surface area (TPSA) is 134 Å². The number of imidazole rings is 1. The van der Waals surface area contributed by atoms with Crippen LogP contribution in [-0.2, 0) is 27.2 Å². The maximum absolute atomic E-state index is 13.1. The first-order valence-electron chi connectivity index (χ1n) is 12.6. The number of benzene rings is 2. The Labute approximate surface area is 279 Å². The first-order chi connectivity index (χ1) is 18.9. The number of aryl methyl sites for hydroxylation is 1. The molecule has 0 saturated heterocycles. The van der Waals surface area contributed by atoms with Gasteiger partial charge in [-0.15, -0.1) is 5.10 Å². The van der Waals surface area contributed by atoms with Crippen molar-refractivity contribution in [3.05, 3.63) is 70.8 Å². The molecule has 40 heavy (non-hydrogen) atoms. The van der Waals surface area contributed by atoms with Crippen LogP contribution in [-0.4, -0.2) is 107 Å². The zero-order valence-electron chi connectivity index (χ0n) is 21.9. The predicted octanol–water partition coefficient (Wildman–Crippen LogP) is 4.80. The number of ether oxygens (including phenoxy) is 3. The number of tetrazole rings is 1. The molecule has 0 aliphatic rings. The minimum atomic E-state index is -1.17. The van der Waals surface area contributed by atoms with E-state index in [0.29, 0.717) is 24.6 Å². The number of halogens is 1.